The van der Waals surface area contributed by atoms with Crippen molar-refractivity contribution in [1.29, 1.82) is 0 Å². The zero-order chi connectivity index (χ0) is 21.1. The van der Waals surface area contributed by atoms with E-state index in [1.54, 1.807) is 18.2 Å². The van der Waals surface area contributed by atoms with E-state index in [2.05, 4.69) is 10.3 Å². The molecule has 0 bridgehead atoms. The third-order valence-electron chi connectivity index (χ3n) is 5.46. The summed E-state index contributed by atoms with van der Waals surface area (Å²) in [5, 5.41) is 1.44. The van der Waals surface area contributed by atoms with Gasteiger partial charge in [0.05, 0.1) is 5.69 Å². The van der Waals surface area contributed by atoms with E-state index in [0.29, 0.717) is 24.5 Å². The molecule has 0 atom stereocenters. The summed E-state index contributed by atoms with van der Waals surface area (Å²) in [5.74, 6) is -0.429. The highest BCUT2D eigenvalue weighted by atomic mass is 19.1. The number of hydrogen-bond acceptors (Lipinski definition) is 4. The van der Waals surface area contributed by atoms with E-state index < -0.39 is 0 Å². The van der Waals surface area contributed by atoms with E-state index in [-0.39, 0.29) is 24.1 Å². The third kappa shape index (κ3) is 4.52. The monoisotopic (exact) mass is 408 g/mol. The highest BCUT2D eigenvalue weighted by Crippen LogP contribution is 2.19. The zero-order valence-electron chi connectivity index (χ0n) is 17.0. The lowest BCUT2D eigenvalue weighted by Gasteiger charge is -2.36. The Morgan fingerprint density at radius 2 is 1.67 bits per heavy atom. The number of benzene rings is 2. The molecular weight excluding hydrogens is 383 g/mol. The molecule has 2 aromatic rings. The topological polar surface area (TPSA) is 55.9 Å². The summed E-state index contributed by atoms with van der Waals surface area (Å²) in [5.41, 5.74) is 6.31. The smallest absolute Gasteiger partial charge is 0.271 e. The van der Waals surface area contributed by atoms with Crippen molar-refractivity contribution in [2.45, 2.75) is 19.9 Å². The second-order valence-corrected chi connectivity index (χ2v) is 7.69. The normalized spacial score (nSPS) is 17.5. The Hall–Kier alpha value is -3.19. The van der Waals surface area contributed by atoms with Crippen molar-refractivity contribution in [1.82, 2.24) is 15.2 Å². The third-order valence-corrected chi connectivity index (χ3v) is 5.46. The van der Waals surface area contributed by atoms with Crippen molar-refractivity contribution < 1.29 is 14.0 Å². The molecule has 6 nitrogen and oxygen atoms in total. The highest BCUT2D eigenvalue weighted by Gasteiger charge is 2.28. The average Bonchev–Trinajstić information content (AvgIpc) is 2.76. The van der Waals surface area contributed by atoms with Crippen molar-refractivity contribution in [2.75, 3.05) is 31.2 Å². The minimum Gasteiger partial charge on any atom is -0.335 e. The van der Waals surface area contributed by atoms with Crippen LogP contribution in [0.3, 0.4) is 0 Å². The van der Waals surface area contributed by atoms with Gasteiger partial charge in [0.25, 0.3) is 5.91 Å². The molecule has 7 heteroatoms. The van der Waals surface area contributed by atoms with Crippen molar-refractivity contribution in [3.05, 3.63) is 77.2 Å². The summed E-state index contributed by atoms with van der Waals surface area (Å²) < 4.78 is 13.1. The van der Waals surface area contributed by atoms with Crippen LogP contribution in [0.15, 0.2) is 60.3 Å². The van der Waals surface area contributed by atoms with Crippen LogP contribution >= 0.6 is 0 Å². The molecule has 2 heterocycles. The van der Waals surface area contributed by atoms with Crippen LogP contribution in [0.2, 0.25) is 0 Å². The molecule has 30 heavy (non-hydrogen) atoms. The lowest BCUT2D eigenvalue weighted by molar-refractivity contribution is -0.129. The fourth-order valence-electron chi connectivity index (χ4n) is 3.67. The van der Waals surface area contributed by atoms with E-state index in [9.17, 15) is 14.0 Å². The van der Waals surface area contributed by atoms with Gasteiger partial charge in [0.15, 0.2) is 0 Å². The minimum absolute atomic E-state index is 0.0963. The van der Waals surface area contributed by atoms with Gasteiger partial charge < -0.3 is 4.90 Å². The molecule has 0 aliphatic carbocycles. The molecule has 2 aliphatic heterocycles. The molecule has 2 aliphatic rings. The first kappa shape index (κ1) is 20.1. The standard InChI is InChI=1S/C23H25FN4O2/c1-17-2-8-20(9-3-17)28-22(29)11-10-21(25-28)23(30)27-14-12-26(13-15-27)16-18-4-6-19(24)7-5-18/h2-10,25H,11-16H2,1H3. The van der Waals surface area contributed by atoms with Crippen LogP contribution in [0.4, 0.5) is 10.1 Å². The number of aryl methyl sites for hydroxylation is 1. The fourth-order valence-corrected chi connectivity index (χ4v) is 3.67. The first-order chi connectivity index (χ1) is 14.5. The average molecular weight is 408 g/mol. The molecule has 1 saturated heterocycles. The van der Waals surface area contributed by atoms with Gasteiger partial charge in [-0.2, -0.15) is 0 Å². The lowest BCUT2D eigenvalue weighted by atomic mass is 10.1. The van der Waals surface area contributed by atoms with Gasteiger partial charge in [-0.3, -0.25) is 19.9 Å². The van der Waals surface area contributed by atoms with Gasteiger partial charge in [0.1, 0.15) is 11.5 Å². The summed E-state index contributed by atoms with van der Waals surface area (Å²) in [6.45, 7) is 5.43. The maximum atomic E-state index is 13.1. The minimum atomic E-state index is -0.236. The van der Waals surface area contributed by atoms with Crippen molar-refractivity contribution in [3.8, 4) is 0 Å². The molecule has 4 rings (SSSR count). The maximum Gasteiger partial charge on any atom is 0.271 e. The van der Waals surface area contributed by atoms with Crippen LogP contribution in [-0.4, -0.2) is 47.8 Å². The number of anilines is 1. The van der Waals surface area contributed by atoms with Gasteiger partial charge in [-0.15, -0.1) is 0 Å². The second kappa shape index (κ2) is 8.67. The number of nitrogens with zero attached hydrogens (tertiary/aromatic N) is 3. The number of halogens is 1. The molecule has 0 unspecified atom stereocenters. The summed E-state index contributed by atoms with van der Waals surface area (Å²) >= 11 is 0. The molecular formula is C23H25FN4O2. The van der Waals surface area contributed by atoms with Crippen molar-refractivity contribution in [2.24, 2.45) is 0 Å². The number of hydrogen-bond donors (Lipinski definition) is 1. The van der Waals surface area contributed by atoms with E-state index in [0.717, 1.165) is 30.8 Å². The molecule has 0 aromatic heterocycles. The van der Waals surface area contributed by atoms with Gasteiger partial charge in [0, 0.05) is 39.1 Å². The molecule has 0 saturated carbocycles. The second-order valence-electron chi connectivity index (χ2n) is 7.69. The van der Waals surface area contributed by atoms with Crippen LogP contribution < -0.4 is 10.4 Å². The fraction of sp³-hybridized carbons (Fsp3) is 0.304. The Balaban J connectivity index is 1.35. The molecule has 0 radical (unpaired) electrons. The Morgan fingerprint density at radius 1 is 1.00 bits per heavy atom. The van der Waals surface area contributed by atoms with E-state index in [1.165, 1.54) is 17.1 Å². The Labute approximate surface area is 175 Å². The summed E-state index contributed by atoms with van der Waals surface area (Å²) in [6.07, 6.45) is 1.85. The molecule has 156 valence electrons. The van der Waals surface area contributed by atoms with Crippen LogP contribution in [-0.2, 0) is 16.1 Å². The predicted octanol–water partition coefficient (Wildman–Crippen LogP) is 2.60. The van der Waals surface area contributed by atoms with Crippen molar-refractivity contribution in [3.63, 3.8) is 0 Å². The molecule has 0 spiro atoms. The first-order valence-electron chi connectivity index (χ1n) is 10.1. The molecule has 1 fully saturated rings. The SMILES string of the molecule is Cc1ccc(N2NC(C(=O)N3CCN(Cc4ccc(F)cc4)CC3)=CCC2=O)cc1. The van der Waals surface area contributed by atoms with Crippen LogP contribution in [0, 0.1) is 12.7 Å². The number of carbonyl (C=O) groups excluding carboxylic acids is 2. The van der Waals surface area contributed by atoms with E-state index in [4.69, 9.17) is 0 Å². The first-order valence-corrected chi connectivity index (χ1v) is 10.1. The van der Waals surface area contributed by atoms with Gasteiger partial charge in [0.2, 0.25) is 5.91 Å². The zero-order valence-corrected chi connectivity index (χ0v) is 17.0. The molecule has 2 aromatic carbocycles. The Bertz CT molecular complexity index is 948. The lowest BCUT2D eigenvalue weighted by Crippen LogP contribution is -2.53. The summed E-state index contributed by atoms with van der Waals surface area (Å²) in [4.78, 5) is 29.4. The molecule has 2 amide bonds. The van der Waals surface area contributed by atoms with E-state index in [1.807, 2.05) is 36.1 Å². The summed E-state index contributed by atoms with van der Waals surface area (Å²) in [6, 6.07) is 14.1. The molecule has 1 N–H and O–H groups in total. The van der Waals surface area contributed by atoms with Crippen molar-refractivity contribution >= 4 is 17.5 Å². The highest BCUT2D eigenvalue weighted by molar-refractivity contribution is 6.01. The predicted molar refractivity (Wildman–Crippen MR) is 113 cm³/mol. The quantitative estimate of drug-likeness (QED) is 0.845. The van der Waals surface area contributed by atoms with Gasteiger partial charge in [-0.1, -0.05) is 29.8 Å². The van der Waals surface area contributed by atoms with Crippen LogP contribution in [0.1, 0.15) is 17.5 Å². The number of nitrogens with one attached hydrogen (secondary N) is 1. The summed E-state index contributed by atoms with van der Waals surface area (Å²) in [7, 11) is 0. The number of amides is 2. The van der Waals surface area contributed by atoms with Crippen LogP contribution in [0.25, 0.3) is 0 Å². The Morgan fingerprint density at radius 3 is 2.33 bits per heavy atom. The Kier molecular flexibility index (Phi) is 5.81. The van der Waals surface area contributed by atoms with Gasteiger partial charge >= 0.3 is 0 Å². The van der Waals surface area contributed by atoms with E-state index >= 15 is 0 Å². The number of carbonyl (C=O) groups is 2. The number of piperazine rings is 1. The largest absolute Gasteiger partial charge is 0.335 e. The number of hydrazine groups is 1. The number of rotatable bonds is 4. The maximum absolute atomic E-state index is 13.1. The van der Waals surface area contributed by atoms with Gasteiger partial charge in [-0.05, 0) is 42.8 Å². The van der Waals surface area contributed by atoms with Gasteiger partial charge in [-0.25, -0.2) is 9.40 Å². The van der Waals surface area contributed by atoms with Crippen LogP contribution in [0.5, 0.6) is 0 Å².